The molecule has 2 aromatic rings. The van der Waals surface area contributed by atoms with E-state index in [-0.39, 0.29) is 0 Å². The quantitative estimate of drug-likeness (QED) is 0.827. The maximum Gasteiger partial charge on any atom is 0.104 e. The zero-order chi connectivity index (χ0) is 10.8. The topological polar surface area (TPSA) is 31.9 Å². The van der Waals surface area contributed by atoms with Gasteiger partial charge in [-0.25, -0.2) is 4.98 Å². The fourth-order valence-electron chi connectivity index (χ4n) is 1.76. The Balaban J connectivity index is 2.33. The van der Waals surface area contributed by atoms with Crippen LogP contribution in [0.1, 0.15) is 11.4 Å². The summed E-state index contributed by atoms with van der Waals surface area (Å²) in [6.45, 7) is 3.06. The predicted octanol–water partition coefficient (Wildman–Crippen LogP) is 1.98. The number of nitrogens with one attached hydrogen (secondary N) is 1. The van der Waals surface area contributed by atoms with Gasteiger partial charge in [-0.15, -0.1) is 0 Å². The third kappa shape index (κ3) is 2.18. The van der Waals surface area contributed by atoms with Crippen LogP contribution in [0.15, 0.2) is 18.2 Å². The fraction of sp³-hybridized carbons (Fsp3) is 0.417. The standard InChI is InChI=1S/C12H17N3/c1-9-13-11-6-4-5-10(12(11)14-9)7-8-15(2)3/h4-6H,7-8H2,1-3H3,(H,13,14). The van der Waals surface area contributed by atoms with Crippen molar-refractivity contribution in [3.05, 3.63) is 29.6 Å². The minimum Gasteiger partial charge on any atom is -0.342 e. The number of nitrogens with zero attached hydrogens (tertiary/aromatic N) is 2. The van der Waals surface area contributed by atoms with Crippen LogP contribution in [0.3, 0.4) is 0 Å². The van der Waals surface area contributed by atoms with Crippen molar-refractivity contribution >= 4 is 11.0 Å². The number of rotatable bonds is 3. The van der Waals surface area contributed by atoms with E-state index in [0.29, 0.717) is 0 Å². The Kier molecular flexibility index (Phi) is 2.73. The highest BCUT2D eigenvalue weighted by atomic mass is 15.0. The summed E-state index contributed by atoms with van der Waals surface area (Å²) in [6, 6.07) is 6.32. The number of aryl methyl sites for hydroxylation is 1. The molecule has 0 atom stereocenters. The van der Waals surface area contributed by atoms with Gasteiger partial charge in [0, 0.05) is 6.54 Å². The van der Waals surface area contributed by atoms with Crippen molar-refractivity contribution in [1.82, 2.24) is 14.9 Å². The van der Waals surface area contributed by atoms with Crippen molar-refractivity contribution in [3.63, 3.8) is 0 Å². The van der Waals surface area contributed by atoms with Gasteiger partial charge in [-0.2, -0.15) is 0 Å². The first-order valence-corrected chi connectivity index (χ1v) is 5.26. The summed E-state index contributed by atoms with van der Waals surface area (Å²) in [7, 11) is 4.19. The predicted molar refractivity (Wildman–Crippen MR) is 63.1 cm³/mol. The second-order valence-electron chi connectivity index (χ2n) is 4.19. The largest absolute Gasteiger partial charge is 0.342 e. The van der Waals surface area contributed by atoms with E-state index < -0.39 is 0 Å². The molecule has 0 aliphatic carbocycles. The number of likely N-dealkylation sites (N-methyl/N-ethyl adjacent to an activating group) is 1. The maximum atomic E-state index is 4.52. The Bertz CT molecular complexity index is 457. The molecule has 3 nitrogen and oxygen atoms in total. The summed E-state index contributed by atoms with van der Waals surface area (Å²) < 4.78 is 0. The second-order valence-corrected chi connectivity index (χ2v) is 4.19. The number of hydrogen-bond donors (Lipinski definition) is 1. The van der Waals surface area contributed by atoms with Crippen LogP contribution in [0.4, 0.5) is 0 Å². The summed E-state index contributed by atoms with van der Waals surface area (Å²) >= 11 is 0. The van der Waals surface area contributed by atoms with E-state index in [0.717, 1.165) is 29.8 Å². The van der Waals surface area contributed by atoms with Gasteiger partial charge >= 0.3 is 0 Å². The van der Waals surface area contributed by atoms with Crippen molar-refractivity contribution in [1.29, 1.82) is 0 Å². The third-order valence-electron chi connectivity index (χ3n) is 2.54. The van der Waals surface area contributed by atoms with Crippen LogP contribution in [-0.4, -0.2) is 35.5 Å². The summed E-state index contributed by atoms with van der Waals surface area (Å²) in [6.07, 6.45) is 1.05. The minimum absolute atomic E-state index is 0.988. The lowest BCUT2D eigenvalue weighted by Crippen LogP contribution is -2.15. The molecule has 80 valence electrons. The van der Waals surface area contributed by atoms with E-state index in [1.165, 1.54) is 5.56 Å². The highest BCUT2D eigenvalue weighted by Gasteiger charge is 2.04. The highest BCUT2D eigenvalue weighted by molar-refractivity contribution is 5.78. The molecule has 0 saturated carbocycles. The van der Waals surface area contributed by atoms with Crippen molar-refractivity contribution in [3.8, 4) is 0 Å². The van der Waals surface area contributed by atoms with Crippen molar-refractivity contribution in [2.45, 2.75) is 13.3 Å². The van der Waals surface area contributed by atoms with Crippen LogP contribution in [-0.2, 0) is 6.42 Å². The lowest BCUT2D eigenvalue weighted by molar-refractivity contribution is 0.414. The van der Waals surface area contributed by atoms with Gasteiger partial charge in [0.05, 0.1) is 11.0 Å². The Hall–Kier alpha value is -1.35. The normalized spacial score (nSPS) is 11.5. The van der Waals surface area contributed by atoms with Gasteiger partial charge in [-0.1, -0.05) is 12.1 Å². The SMILES string of the molecule is Cc1nc2c(CCN(C)C)cccc2[nH]1. The average molecular weight is 203 g/mol. The third-order valence-corrected chi connectivity index (χ3v) is 2.54. The second kappa shape index (κ2) is 4.03. The number of imidazole rings is 1. The van der Waals surface area contributed by atoms with E-state index >= 15 is 0 Å². The molecule has 1 aromatic heterocycles. The number of H-pyrrole nitrogens is 1. The molecule has 3 heteroatoms. The van der Waals surface area contributed by atoms with Gasteiger partial charge in [-0.05, 0) is 39.1 Å². The molecule has 0 saturated heterocycles. The van der Waals surface area contributed by atoms with Crippen molar-refractivity contribution in [2.24, 2.45) is 0 Å². The van der Waals surface area contributed by atoms with Gasteiger partial charge in [-0.3, -0.25) is 0 Å². The average Bonchev–Trinajstić information content (AvgIpc) is 2.55. The van der Waals surface area contributed by atoms with Crippen molar-refractivity contribution < 1.29 is 0 Å². The van der Waals surface area contributed by atoms with E-state index in [1.807, 2.05) is 6.92 Å². The number of hydrogen-bond acceptors (Lipinski definition) is 2. The number of fused-ring (bicyclic) bond motifs is 1. The van der Waals surface area contributed by atoms with Crippen molar-refractivity contribution in [2.75, 3.05) is 20.6 Å². The highest BCUT2D eigenvalue weighted by Crippen LogP contribution is 2.16. The summed E-state index contributed by atoms with van der Waals surface area (Å²) in [5, 5.41) is 0. The maximum absolute atomic E-state index is 4.52. The summed E-state index contributed by atoms with van der Waals surface area (Å²) in [5.74, 6) is 0.988. The molecule has 0 fully saturated rings. The van der Waals surface area contributed by atoms with Crippen LogP contribution >= 0.6 is 0 Å². The van der Waals surface area contributed by atoms with Crippen LogP contribution in [0.25, 0.3) is 11.0 Å². The lowest BCUT2D eigenvalue weighted by Gasteiger charge is -2.09. The van der Waals surface area contributed by atoms with Crippen LogP contribution in [0.2, 0.25) is 0 Å². The Morgan fingerprint density at radius 2 is 2.13 bits per heavy atom. The van der Waals surface area contributed by atoms with Gasteiger partial charge in [0.15, 0.2) is 0 Å². The molecule has 1 aromatic carbocycles. The molecule has 1 N–H and O–H groups in total. The molecule has 0 radical (unpaired) electrons. The fourth-order valence-corrected chi connectivity index (χ4v) is 1.76. The first-order valence-electron chi connectivity index (χ1n) is 5.26. The molecular formula is C12H17N3. The monoisotopic (exact) mass is 203 g/mol. The Morgan fingerprint density at radius 1 is 1.33 bits per heavy atom. The Morgan fingerprint density at radius 3 is 2.87 bits per heavy atom. The first-order chi connectivity index (χ1) is 7.16. The Labute approximate surface area is 90.1 Å². The van der Waals surface area contributed by atoms with E-state index in [4.69, 9.17) is 0 Å². The van der Waals surface area contributed by atoms with Gasteiger partial charge < -0.3 is 9.88 Å². The molecule has 0 amide bonds. The summed E-state index contributed by atoms with van der Waals surface area (Å²) in [4.78, 5) is 9.97. The molecule has 0 spiro atoms. The first kappa shape index (κ1) is 10.2. The van der Waals surface area contributed by atoms with Crippen LogP contribution < -0.4 is 0 Å². The number of para-hydroxylation sites is 1. The zero-order valence-electron chi connectivity index (χ0n) is 9.54. The minimum atomic E-state index is 0.988. The van der Waals surface area contributed by atoms with Crippen LogP contribution in [0, 0.1) is 6.92 Å². The van der Waals surface area contributed by atoms with Gasteiger partial charge in [0.25, 0.3) is 0 Å². The van der Waals surface area contributed by atoms with E-state index in [9.17, 15) is 0 Å². The molecule has 1 heterocycles. The van der Waals surface area contributed by atoms with Crippen LogP contribution in [0.5, 0.6) is 0 Å². The zero-order valence-corrected chi connectivity index (χ0v) is 9.54. The molecule has 15 heavy (non-hydrogen) atoms. The lowest BCUT2D eigenvalue weighted by atomic mass is 10.1. The molecule has 0 unspecified atom stereocenters. The van der Waals surface area contributed by atoms with Gasteiger partial charge in [0.1, 0.15) is 5.82 Å². The molecule has 2 rings (SSSR count). The smallest absolute Gasteiger partial charge is 0.104 e. The number of aromatic amines is 1. The van der Waals surface area contributed by atoms with E-state index in [2.05, 4.69) is 47.2 Å². The van der Waals surface area contributed by atoms with E-state index in [1.54, 1.807) is 0 Å². The molecule has 0 aliphatic rings. The summed E-state index contributed by atoms with van der Waals surface area (Å²) in [5.41, 5.74) is 3.59. The molecule has 0 bridgehead atoms. The molecule has 0 aliphatic heterocycles. The number of benzene rings is 1. The van der Waals surface area contributed by atoms with Gasteiger partial charge in [0.2, 0.25) is 0 Å². The molecular weight excluding hydrogens is 186 g/mol. The number of aromatic nitrogens is 2.